The van der Waals surface area contributed by atoms with Gasteiger partial charge in [0.15, 0.2) is 0 Å². The molecule has 0 bridgehead atoms. The Morgan fingerprint density at radius 1 is 1.25 bits per heavy atom. The van der Waals surface area contributed by atoms with Crippen LogP contribution in [0.2, 0.25) is 0 Å². The first-order chi connectivity index (χ1) is 11.4. The van der Waals surface area contributed by atoms with Crippen molar-refractivity contribution in [1.82, 2.24) is 0 Å². The zero-order valence-corrected chi connectivity index (χ0v) is 15.7. The number of aliphatic imine (C=N–C) groups is 1. The van der Waals surface area contributed by atoms with Gasteiger partial charge in [0.05, 0.1) is 5.56 Å². The summed E-state index contributed by atoms with van der Waals surface area (Å²) >= 11 is 1.70. The van der Waals surface area contributed by atoms with Crippen molar-refractivity contribution in [3.8, 4) is 6.07 Å². The molecule has 0 aliphatic heterocycles. The lowest BCUT2D eigenvalue weighted by atomic mass is 9.87. The smallest absolute Gasteiger partial charge is 0.134 e. The van der Waals surface area contributed by atoms with Gasteiger partial charge in [0.2, 0.25) is 0 Å². The van der Waals surface area contributed by atoms with E-state index in [-0.39, 0.29) is 5.41 Å². The maximum absolute atomic E-state index is 9.54. The molecule has 1 heterocycles. The molecular weight excluding hydrogens is 312 g/mol. The molecule has 1 atom stereocenters. The summed E-state index contributed by atoms with van der Waals surface area (Å²) in [7, 11) is 0. The highest BCUT2D eigenvalue weighted by Crippen LogP contribution is 2.40. The fourth-order valence-corrected chi connectivity index (χ4v) is 4.45. The van der Waals surface area contributed by atoms with Gasteiger partial charge in [0, 0.05) is 11.1 Å². The molecule has 0 saturated heterocycles. The molecule has 0 unspecified atom stereocenters. The zero-order valence-electron chi connectivity index (χ0n) is 14.9. The van der Waals surface area contributed by atoms with Crippen molar-refractivity contribution in [1.29, 1.82) is 5.26 Å². The Balaban J connectivity index is 1.86. The topological polar surface area (TPSA) is 36.1 Å². The Morgan fingerprint density at radius 3 is 2.58 bits per heavy atom. The maximum atomic E-state index is 9.54. The Bertz CT molecular complexity index is 798. The highest BCUT2D eigenvalue weighted by molar-refractivity contribution is 7.16. The minimum absolute atomic E-state index is 0.160. The number of nitrogens with zero attached hydrogens (tertiary/aromatic N) is 2. The summed E-state index contributed by atoms with van der Waals surface area (Å²) in [6.45, 7) is 8.93. The lowest BCUT2D eigenvalue weighted by molar-refractivity contribution is 0.507. The molecule has 1 aliphatic rings. The molecular formula is C21H24N2S. The SMILES string of the molecule is C[C@H]1CCc2c(sc(N=Cc3ccc(C(C)(C)C)cc3)c2C#N)C1. The number of hydrogen-bond donors (Lipinski definition) is 0. The number of hydrogen-bond acceptors (Lipinski definition) is 3. The van der Waals surface area contributed by atoms with E-state index in [9.17, 15) is 5.26 Å². The summed E-state index contributed by atoms with van der Waals surface area (Å²) in [5.74, 6) is 0.712. The van der Waals surface area contributed by atoms with Crippen LogP contribution in [0.1, 0.15) is 61.2 Å². The van der Waals surface area contributed by atoms with Crippen molar-refractivity contribution in [3.05, 3.63) is 51.4 Å². The predicted molar refractivity (Wildman–Crippen MR) is 103 cm³/mol. The van der Waals surface area contributed by atoms with E-state index >= 15 is 0 Å². The van der Waals surface area contributed by atoms with Gasteiger partial charge in [-0.1, -0.05) is 52.0 Å². The van der Waals surface area contributed by atoms with E-state index in [4.69, 9.17) is 0 Å². The Labute approximate surface area is 148 Å². The van der Waals surface area contributed by atoms with E-state index in [2.05, 4.69) is 63.0 Å². The monoisotopic (exact) mass is 336 g/mol. The van der Waals surface area contributed by atoms with Gasteiger partial charge in [-0.25, -0.2) is 4.99 Å². The van der Waals surface area contributed by atoms with Crippen LogP contribution in [-0.4, -0.2) is 6.21 Å². The van der Waals surface area contributed by atoms with E-state index in [1.54, 1.807) is 11.3 Å². The van der Waals surface area contributed by atoms with Crippen molar-refractivity contribution in [2.45, 2.75) is 52.4 Å². The van der Waals surface area contributed by atoms with Gasteiger partial charge >= 0.3 is 0 Å². The van der Waals surface area contributed by atoms with Crippen molar-refractivity contribution >= 4 is 22.6 Å². The second-order valence-corrected chi connectivity index (χ2v) is 8.86. The van der Waals surface area contributed by atoms with Gasteiger partial charge in [-0.3, -0.25) is 0 Å². The fraction of sp³-hybridized carbons (Fsp3) is 0.429. The number of benzene rings is 1. The maximum Gasteiger partial charge on any atom is 0.134 e. The lowest BCUT2D eigenvalue weighted by Crippen LogP contribution is -2.10. The average Bonchev–Trinajstić information content (AvgIpc) is 2.89. The average molecular weight is 337 g/mol. The highest BCUT2D eigenvalue weighted by Gasteiger charge is 2.23. The van der Waals surface area contributed by atoms with Crippen LogP contribution in [0.5, 0.6) is 0 Å². The molecule has 0 amide bonds. The largest absolute Gasteiger partial charge is 0.244 e. The number of nitriles is 1. The molecule has 124 valence electrons. The molecule has 24 heavy (non-hydrogen) atoms. The Hall–Kier alpha value is -1.92. The first-order valence-electron chi connectivity index (χ1n) is 8.57. The summed E-state index contributed by atoms with van der Waals surface area (Å²) in [4.78, 5) is 6.00. The van der Waals surface area contributed by atoms with Gasteiger partial charge in [-0.2, -0.15) is 5.26 Å². The number of thiophene rings is 1. The Kier molecular flexibility index (Phi) is 4.60. The molecule has 0 fully saturated rings. The van der Waals surface area contributed by atoms with Crippen LogP contribution in [0.15, 0.2) is 29.3 Å². The minimum Gasteiger partial charge on any atom is -0.244 e. The van der Waals surface area contributed by atoms with E-state index in [1.165, 1.54) is 22.4 Å². The van der Waals surface area contributed by atoms with Crippen LogP contribution in [0.4, 0.5) is 5.00 Å². The minimum atomic E-state index is 0.160. The van der Waals surface area contributed by atoms with Gasteiger partial charge in [0.1, 0.15) is 11.1 Å². The van der Waals surface area contributed by atoms with Crippen LogP contribution >= 0.6 is 11.3 Å². The standard InChI is InChI=1S/C21H24N2S/c1-14-5-10-17-18(12-22)20(24-19(17)11-14)23-13-15-6-8-16(9-7-15)21(2,3)4/h6-9,13-14H,5,10-11H2,1-4H3/t14-/m0/s1. The third kappa shape index (κ3) is 3.44. The van der Waals surface area contributed by atoms with Crippen LogP contribution in [-0.2, 0) is 18.3 Å². The van der Waals surface area contributed by atoms with E-state index < -0.39 is 0 Å². The molecule has 0 N–H and O–H groups in total. The molecule has 3 rings (SSSR count). The van der Waals surface area contributed by atoms with Gasteiger partial charge in [-0.15, -0.1) is 11.3 Å². The van der Waals surface area contributed by atoms with Crippen LogP contribution < -0.4 is 0 Å². The molecule has 0 saturated carbocycles. The van der Waals surface area contributed by atoms with Gasteiger partial charge in [-0.05, 0) is 47.3 Å². The Morgan fingerprint density at radius 2 is 1.96 bits per heavy atom. The summed E-state index contributed by atoms with van der Waals surface area (Å²) in [6, 6.07) is 10.9. The van der Waals surface area contributed by atoms with Crippen molar-refractivity contribution in [2.75, 3.05) is 0 Å². The molecule has 2 aromatic rings. The number of rotatable bonds is 2. The first-order valence-corrected chi connectivity index (χ1v) is 9.39. The highest BCUT2D eigenvalue weighted by atomic mass is 32.1. The van der Waals surface area contributed by atoms with Crippen LogP contribution in [0, 0.1) is 17.2 Å². The molecule has 1 aliphatic carbocycles. The van der Waals surface area contributed by atoms with Crippen molar-refractivity contribution in [2.24, 2.45) is 10.9 Å². The molecule has 1 aromatic carbocycles. The summed E-state index contributed by atoms with van der Waals surface area (Å²) < 4.78 is 0. The van der Waals surface area contributed by atoms with E-state index in [0.717, 1.165) is 29.0 Å². The molecule has 0 radical (unpaired) electrons. The van der Waals surface area contributed by atoms with E-state index in [1.807, 2.05) is 6.21 Å². The van der Waals surface area contributed by atoms with E-state index in [0.29, 0.717) is 5.92 Å². The first kappa shape index (κ1) is 16.9. The van der Waals surface area contributed by atoms with Crippen LogP contribution in [0.25, 0.3) is 0 Å². The summed E-state index contributed by atoms with van der Waals surface area (Å²) in [6.07, 6.45) is 5.17. The van der Waals surface area contributed by atoms with Gasteiger partial charge < -0.3 is 0 Å². The quantitative estimate of drug-likeness (QED) is 0.639. The second kappa shape index (κ2) is 6.53. The molecule has 1 aromatic heterocycles. The van der Waals surface area contributed by atoms with Crippen molar-refractivity contribution < 1.29 is 0 Å². The molecule has 2 nitrogen and oxygen atoms in total. The van der Waals surface area contributed by atoms with Crippen molar-refractivity contribution in [3.63, 3.8) is 0 Å². The summed E-state index contributed by atoms with van der Waals surface area (Å²) in [5, 5.41) is 10.4. The fourth-order valence-electron chi connectivity index (χ4n) is 3.14. The van der Waals surface area contributed by atoms with Gasteiger partial charge in [0.25, 0.3) is 0 Å². The molecule has 0 spiro atoms. The third-order valence-corrected chi connectivity index (χ3v) is 5.87. The predicted octanol–water partition coefficient (Wildman–Crippen LogP) is 5.79. The normalized spacial score (nSPS) is 17.7. The lowest BCUT2D eigenvalue weighted by Gasteiger charge is -2.18. The summed E-state index contributed by atoms with van der Waals surface area (Å²) in [5.41, 5.74) is 4.59. The number of fused-ring (bicyclic) bond motifs is 1. The molecule has 3 heteroatoms. The zero-order chi connectivity index (χ0) is 17.3. The second-order valence-electron chi connectivity index (χ2n) is 7.77. The third-order valence-electron chi connectivity index (χ3n) is 4.71. The van der Waals surface area contributed by atoms with Crippen LogP contribution in [0.3, 0.4) is 0 Å².